The average molecular weight is 289 g/mol. The Kier molecular flexibility index (Phi) is 7.82. The molecular formula is C14H21F2NOS. The Morgan fingerprint density at radius 3 is 2.53 bits per heavy atom. The molecule has 1 N–H and O–H groups in total. The van der Waals surface area contributed by atoms with Gasteiger partial charge in [0.25, 0.3) is 0 Å². The van der Waals surface area contributed by atoms with Crippen molar-refractivity contribution >= 4 is 11.8 Å². The van der Waals surface area contributed by atoms with Crippen molar-refractivity contribution in [3.8, 4) is 5.75 Å². The van der Waals surface area contributed by atoms with Crippen molar-refractivity contribution < 1.29 is 13.5 Å². The Bertz CT molecular complexity index is 365. The lowest BCUT2D eigenvalue weighted by Crippen LogP contribution is -2.14. The molecule has 0 bridgehead atoms. The third-order valence-corrected chi connectivity index (χ3v) is 3.25. The van der Waals surface area contributed by atoms with Crippen molar-refractivity contribution in [3.63, 3.8) is 0 Å². The van der Waals surface area contributed by atoms with Crippen LogP contribution < -0.4 is 10.1 Å². The summed E-state index contributed by atoms with van der Waals surface area (Å²) >= 11 is 1.68. The van der Waals surface area contributed by atoms with Crippen molar-refractivity contribution in [1.29, 1.82) is 0 Å². The molecule has 0 amide bonds. The fourth-order valence-corrected chi connectivity index (χ4v) is 2.05. The van der Waals surface area contributed by atoms with Crippen molar-refractivity contribution in [2.45, 2.75) is 26.3 Å². The van der Waals surface area contributed by atoms with Gasteiger partial charge in [-0.25, -0.2) is 8.78 Å². The minimum absolute atomic E-state index is 0.264. The number of benzene rings is 1. The molecule has 0 aromatic heterocycles. The Labute approximate surface area is 117 Å². The van der Waals surface area contributed by atoms with Gasteiger partial charge in [-0.1, -0.05) is 6.92 Å². The third-order valence-electron chi connectivity index (χ3n) is 2.55. The summed E-state index contributed by atoms with van der Waals surface area (Å²) in [5, 5.41) is 3.11. The van der Waals surface area contributed by atoms with Crippen LogP contribution in [0.5, 0.6) is 5.75 Å². The van der Waals surface area contributed by atoms with Gasteiger partial charge in [0.1, 0.15) is 0 Å². The van der Waals surface area contributed by atoms with E-state index < -0.39 is 11.6 Å². The van der Waals surface area contributed by atoms with Gasteiger partial charge in [0.05, 0.1) is 6.61 Å². The Hall–Kier alpha value is -0.810. The first-order valence-corrected chi connectivity index (χ1v) is 7.88. The standard InChI is InChI=1S/C14H21F2NOS/c1-3-5-17-10-11-8-12(15)14(13(16)9-11)18-6-4-7-19-2/h8-9,17H,3-7,10H2,1-2H3. The molecule has 0 radical (unpaired) electrons. The summed E-state index contributed by atoms with van der Waals surface area (Å²) in [5.74, 6) is -0.599. The van der Waals surface area contributed by atoms with Gasteiger partial charge in [0.2, 0.25) is 0 Å². The fraction of sp³-hybridized carbons (Fsp3) is 0.571. The van der Waals surface area contributed by atoms with Crippen molar-refractivity contribution in [2.24, 2.45) is 0 Å². The van der Waals surface area contributed by atoms with E-state index in [0.717, 1.165) is 25.1 Å². The van der Waals surface area contributed by atoms with Crippen LogP contribution in [-0.4, -0.2) is 25.2 Å². The number of hydrogen-bond donors (Lipinski definition) is 1. The van der Waals surface area contributed by atoms with E-state index in [1.54, 1.807) is 11.8 Å². The summed E-state index contributed by atoms with van der Waals surface area (Å²) in [7, 11) is 0. The molecule has 5 heteroatoms. The molecule has 0 aliphatic carbocycles. The Morgan fingerprint density at radius 2 is 1.95 bits per heavy atom. The molecule has 0 saturated heterocycles. The fourth-order valence-electron chi connectivity index (χ4n) is 1.64. The predicted molar refractivity (Wildman–Crippen MR) is 76.8 cm³/mol. The maximum atomic E-state index is 13.7. The lowest BCUT2D eigenvalue weighted by Gasteiger charge is -2.10. The normalized spacial score (nSPS) is 10.7. The highest BCUT2D eigenvalue weighted by Crippen LogP contribution is 2.23. The molecule has 1 aromatic carbocycles. The SMILES string of the molecule is CCCNCc1cc(F)c(OCCCSC)c(F)c1. The van der Waals surface area contributed by atoms with Gasteiger partial charge in [-0.05, 0) is 49.1 Å². The minimum Gasteiger partial charge on any atom is -0.488 e. The maximum absolute atomic E-state index is 13.7. The second-order valence-corrected chi connectivity index (χ2v) is 5.25. The van der Waals surface area contributed by atoms with Gasteiger partial charge in [-0.15, -0.1) is 0 Å². The van der Waals surface area contributed by atoms with Gasteiger partial charge in [-0.2, -0.15) is 11.8 Å². The number of nitrogens with one attached hydrogen (secondary N) is 1. The molecule has 0 atom stereocenters. The van der Waals surface area contributed by atoms with E-state index in [4.69, 9.17) is 4.74 Å². The summed E-state index contributed by atoms with van der Waals surface area (Å²) in [4.78, 5) is 0. The minimum atomic E-state index is -0.627. The Balaban J connectivity index is 2.58. The van der Waals surface area contributed by atoms with E-state index in [0.29, 0.717) is 18.7 Å². The van der Waals surface area contributed by atoms with Gasteiger partial charge in [-0.3, -0.25) is 0 Å². The second kappa shape index (κ2) is 9.15. The lowest BCUT2D eigenvalue weighted by molar-refractivity contribution is 0.285. The summed E-state index contributed by atoms with van der Waals surface area (Å²) in [6.07, 6.45) is 3.75. The van der Waals surface area contributed by atoms with E-state index in [-0.39, 0.29) is 5.75 Å². The summed E-state index contributed by atoms with van der Waals surface area (Å²) < 4.78 is 32.6. The molecule has 108 valence electrons. The van der Waals surface area contributed by atoms with Crippen LogP contribution in [0, 0.1) is 11.6 Å². The smallest absolute Gasteiger partial charge is 0.190 e. The van der Waals surface area contributed by atoms with Crippen molar-refractivity contribution in [1.82, 2.24) is 5.32 Å². The van der Waals surface area contributed by atoms with E-state index in [9.17, 15) is 8.78 Å². The van der Waals surface area contributed by atoms with Crippen LogP contribution in [0.3, 0.4) is 0 Å². The highest BCUT2D eigenvalue weighted by Gasteiger charge is 2.12. The van der Waals surface area contributed by atoms with Crippen LogP contribution in [0.1, 0.15) is 25.3 Å². The molecule has 0 saturated carbocycles. The van der Waals surface area contributed by atoms with Gasteiger partial charge in [0.15, 0.2) is 17.4 Å². The zero-order chi connectivity index (χ0) is 14.1. The second-order valence-electron chi connectivity index (χ2n) is 4.26. The van der Waals surface area contributed by atoms with Gasteiger partial charge >= 0.3 is 0 Å². The molecule has 0 aliphatic rings. The molecule has 2 nitrogen and oxygen atoms in total. The summed E-state index contributed by atoms with van der Waals surface area (Å²) in [6, 6.07) is 2.66. The first-order chi connectivity index (χ1) is 9.19. The molecule has 1 aromatic rings. The summed E-state index contributed by atoms with van der Waals surface area (Å²) in [6.45, 7) is 3.67. The van der Waals surface area contributed by atoms with Crippen LogP contribution >= 0.6 is 11.8 Å². The number of ether oxygens (including phenoxy) is 1. The largest absolute Gasteiger partial charge is 0.488 e. The molecular weight excluding hydrogens is 268 g/mol. The molecule has 0 fully saturated rings. The van der Waals surface area contributed by atoms with E-state index in [1.165, 1.54) is 12.1 Å². The predicted octanol–water partition coefficient (Wildman–Crippen LogP) is 3.60. The number of thioether (sulfide) groups is 1. The quantitative estimate of drug-likeness (QED) is 0.702. The van der Waals surface area contributed by atoms with Gasteiger partial charge < -0.3 is 10.1 Å². The maximum Gasteiger partial charge on any atom is 0.190 e. The monoisotopic (exact) mass is 289 g/mol. The Morgan fingerprint density at radius 1 is 1.26 bits per heavy atom. The first kappa shape index (κ1) is 16.2. The molecule has 19 heavy (non-hydrogen) atoms. The highest BCUT2D eigenvalue weighted by molar-refractivity contribution is 7.98. The molecule has 1 rings (SSSR count). The first-order valence-electron chi connectivity index (χ1n) is 6.49. The van der Waals surface area contributed by atoms with Crippen LogP contribution in [-0.2, 0) is 6.54 Å². The van der Waals surface area contributed by atoms with Crippen LogP contribution in [0.2, 0.25) is 0 Å². The number of rotatable bonds is 9. The number of hydrogen-bond acceptors (Lipinski definition) is 3. The van der Waals surface area contributed by atoms with Gasteiger partial charge in [0, 0.05) is 6.54 Å². The van der Waals surface area contributed by atoms with Crippen LogP contribution in [0.15, 0.2) is 12.1 Å². The number of halogens is 2. The molecule has 0 spiro atoms. The van der Waals surface area contributed by atoms with E-state index in [2.05, 4.69) is 5.32 Å². The van der Waals surface area contributed by atoms with Crippen LogP contribution in [0.4, 0.5) is 8.78 Å². The zero-order valence-corrected chi connectivity index (χ0v) is 12.3. The summed E-state index contributed by atoms with van der Waals surface area (Å²) in [5.41, 5.74) is 0.597. The van der Waals surface area contributed by atoms with Crippen LogP contribution in [0.25, 0.3) is 0 Å². The highest BCUT2D eigenvalue weighted by atomic mass is 32.2. The third kappa shape index (κ3) is 5.78. The van der Waals surface area contributed by atoms with E-state index in [1.807, 2.05) is 13.2 Å². The molecule has 0 heterocycles. The molecule has 0 unspecified atom stereocenters. The van der Waals surface area contributed by atoms with Crippen molar-refractivity contribution in [2.75, 3.05) is 25.2 Å². The average Bonchev–Trinajstić information content (AvgIpc) is 2.37. The topological polar surface area (TPSA) is 21.3 Å². The molecule has 0 aliphatic heterocycles. The lowest BCUT2D eigenvalue weighted by atomic mass is 10.2. The zero-order valence-electron chi connectivity index (χ0n) is 11.5. The van der Waals surface area contributed by atoms with Crippen molar-refractivity contribution in [3.05, 3.63) is 29.3 Å². The van der Waals surface area contributed by atoms with E-state index >= 15 is 0 Å².